The lowest BCUT2D eigenvalue weighted by molar-refractivity contribution is 0.0696. The van der Waals surface area contributed by atoms with Gasteiger partial charge in [-0.1, -0.05) is 0 Å². The summed E-state index contributed by atoms with van der Waals surface area (Å²) < 4.78 is 0. The van der Waals surface area contributed by atoms with E-state index in [1.54, 1.807) is 0 Å². The number of rotatable bonds is 3. The first-order valence-electron chi connectivity index (χ1n) is 5.13. The highest BCUT2D eigenvalue weighted by Crippen LogP contribution is 2.06. The number of hydrogen-bond donors (Lipinski definition) is 3. The number of hydrogen-bond acceptors (Lipinski definition) is 5. The number of carbonyl (C=O) groups is 2. The Labute approximate surface area is 106 Å². The lowest BCUT2D eigenvalue weighted by Gasteiger charge is -2.03. The summed E-state index contributed by atoms with van der Waals surface area (Å²) in [7, 11) is 0. The maximum Gasteiger partial charge on any atom is 0.337 e. The second kappa shape index (κ2) is 5.08. The van der Waals surface area contributed by atoms with Gasteiger partial charge in [-0.05, 0) is 18.2 Å². The summed E-state index contributed by atoms with van der Waals surface area (Å²) in [6.07, 6.45) is 1.12. The number of aromatic nitrogens is 3. The molecule has 0 unspecified atom stereocenters. The molecule has 96 valence electrons. The highest BCUT2D eigenvalue weighted by Gasteiger charge is 2.09. The first-order chi connectivity index (χ1) is 9.06. The number of nitrogens with zero attached hydrogens (tertiary/aromatic N) is 2. The summed E-state index contributed by atoms with van der Waals surface area (Å²) in [6, 6.07) is 5.10. The highest BCUT2D eigenvalue weighted by atomic mass is 16.4. The van der Waals surface area contributed by atoms with Crippen molar-refractivity contribution in [2.75, 3.05) is 5.32 Å². The third-order valence-electron chi connectivity index (χ3n) is 2.16. The molecule has 0 atom stereocenters. The van der Waals surface area contributed by atoms with Gasteiger partial charge in [0.05, 0.1) is 5.56 Å². The molecule has 1 amide bonds. The average Bonchev–Trinajstić information content (AvgIpc) is 2.40. The minimum absolute atomic E-state index is 0.0140. The molecule has 0 saturated carbocycles. The van der Waals surface area contributed by atoms with Crippen molar-refractivity contribution in [2.45, 2.75) is 0 Å². The van der Waals surface area contributed by atoms with E-state index in [9.17, 15) is 14.4 Å². The van der Waals surface area contributed by atoms with Crippen molar-refractivity contribution >= 4 is 17.7 Å². The topological polar surface area (TPSA) is 125 Å². The summed E-state index contributed by atoms with van der Waals surface area (Å²) in [6.45, 7) is 0. The highest BCUT2D eigenvalue weighted by molar-refractivity contribution is 6.02. The van der Waals surface area contributed by atoms with E-state index in [2.05, 4.69) is 20.5 Å². The molecule has 2 aromatic heterocycles. The minimum Gasteiger partial charge on any atom is -0.478 e. The maximum atomic E-state index is 11.7. The molecular weight excluding hydrogens is 252 g/mol. The predicted octanol–water partition coefficient (Wildman–Crippen LogP) is 0.115. The lowest BCUT2D eigenvalue weighted by atomic mass is 10.3. The Hall–Kier alpha value is -3.03. The van der Waals surface area contributed by atoms with E-state index in [0.717, 1.165) is 6.20 Å². The van der Waals surface area contributed by atoms with Crippen molar-refractivity contribution in [1.82, 2.24) is 15.2 Å². The van der Waals surface area contributed by atoms with Crippen molar-refractivity contribution in [2.24, 2.45) is 0 Å². The van der Waals surface area contributed by atoms with Gasteiger partial charge in [-0.3, -0.25) is 9.59 Å². The van der Waals surface area contributed by atoms with Crippen molar-refractivity contribution < 1.29 is 14.7 Å². The molecule has 8 heteroatoms. The fourth-order valence-electron chi connectivity index (χ4n) is 1.25. The predicted molar refractivity (Wildman–Crippen MR) is 64.0 cm³/mol. The van der Waals surface area contributed by atoms with Gasteiger partial charge < -0.3 is 10.4 Å². The molecule has 0 fully saturated rings. The Morgan fingerprint density at radius 2 is 2.00 bits per heavy atom. The zero-order valence-corrected chi connectivity index (χ0v) is 9.45. The fourth-order valence-corrected chi connectivity index (χ4v) is 1.25. The van der Waals surface area contributed by atoms with Gasteiger partial charge in [-0.25, -0.2) is 14.9 Å². The largest absolute Gasteiger partial charge is 0.478 e. The Morgan fingerprint density at radius 1 is 1.21 bits per heavy atom. The minimum atomic E-state index is -1.10. The van der Waals surface area contributed by atoms with Gasteiger partial charge in [-0.2, -0.15) is 5.10 Å². The van der Waals surface area contributed by atoms with Gasteiger partial charge in [0.2, 0.25) is 0 Å². The second-order valence-electron chi connectivity index (χ2n) is 3.50. The molecule has 0 aliphatic heterocycles. The van der Waals surface area contributed by atoms with Crippen LogP contribution in [0.15, 0.2) is 35.3 Å². The number of nitrogens with one attached hydrogen (secondary N) is 2. The van der Waals surface area contributed by atoms with E-state index < -0.39 is 17.4 Å². The number of amides is 1. The molecule has 0 saturated heterocycles. The number of aromatic carboxylic acids is 1. The van der Waals surface area contributed by atoms with Crippen LogP contribution in [0.4, 0.5) is 5.82 Å². The van der Waals surface area contributed by atoms with Gasteiger partial charge in [0.15, 0.2) is 0 Å². The molecule has 2 rings (SSSR count). The second-order valence-corrected chi connectivity index (χ2v) is 3.50. The number of carboxylic acid groups (broad SMARTS) is 1. The molecule has 19 heavy (non-hydrogen) atoms. The van der Waals surface area contributed by atoms with Gasteiger partial charge >= 0.3 is 5.97 Å². The number of aromatic amines is 1. The van der Waals surface area contributed by atoms with E-state index in [-0.39, 0.29) is 17.1 Å². The Balaban J connectivity index is 2.12. The summed E-state index contributed by atoms with van der Waals surface area (Å²) in [5.41, 5.74) is -0.385. The standard InChI is InChI=1S/C11H8N4O4/c16-9-4-2-7(14-15-9)10(17)13-8-3-1-6(5-12-8)11(18)19/h1-5H,(H,15,16)(H,18,19)(H,12,13,17). The van der Waals surface area contributed by atoms with E-state index in [1.165, 1.54) is 24.3 Å². The fraction of sp³-hybridized carbons (Fsp3) is 0. The van der Waals surface area contributed by atoms with Crippen LogP contribution in [0.3, 0.4) is 0 Å². The summed E-state index contributed by atoms with van der Waals surface area (Å²) in [5, 5.41) is 16.8. The van der Waals surface area contributed by atoms with Crippen LogP contribution in [0.2, 0.25) is 0 Å². The molecule has 0 radical (unpaired) electrons. The molecule has 0 aromatic carbocycles. The molecule has 2 heterocycles. The zero-order chi connectivity index (χ0) is 13.8. The van der Waals surface area contributed by atoms with Crippen molar-refractivity contribution in [3.63, 3.8) is 0 Å². The van der Waals surface area contributed by atoms with Crippen LogP contribution in [-0.4, -0.2) is 32.2 Å². The number of H-pyrrole nitrogens is 1. The van der Waals surface area contributed by atoms with E-state index in [1.807, 2.05) is 0 Å². The average molecular weight is 260 g/mol. The van der Waals surface area contributed by atoms with E-state index in [4.69, 9.17) is 5.11 Å². The van der Waals surface area contributed by atoms with Crippen LogP contribution in [0, 0.1) is 0 Å². The number of pyridine rings is 1. The quantitative estimate of drug-likeness (QED) is 0.719. The number of carboxylic acids is 1. The summed E-state index contributed by atoms with van der Waals surface area (Å²) in [5.74, 6) is -1.48. The summed E-state index contributed by atoms with van der Waals surface area (Å²) in [4.78, 5) is 36.9. The van der Waals surface area contributed by atoms with Crippen molar-refractivity contribution in [3.05, 3.63) is 52.1 Å². The van der Waals surface area contributed by atoms with E-state index in [0.29, 0.717) is 0 Å². The van der Waals surface area contributed by atoms with Gasteiger partial charge in [0.25, 0.3) is 11.5 Å². The van der Waals surface area contributed by atoms with E-state index >= 15 is 0 Å². The van der Waals surface area contributed by atoms with Crippen LogP contribution < -0.4 is 10.9 Å². The van der Waals surface area contributed by atoms with Gasteiger partial charge in [0, 0.05) is 12.3 Å². The first-order valence-corrected chi connectivity index (χ1v) is 5.13. The molecule has 0 aliphatic carbocycles. The maximum absolute atomic E-state index is 11.7. The molecule has 0 spiro atoms. The summed E-state index contributed by atoms with van der Waals surface area (Å²) >= 11 is 0. The lowest BCUT2D eigenvalue weighted by Crippen LogP contribution is -2.18. The van der Waals surface area contributed by atoms with Crippen molar-refractivity contribution in [1.29, 1.82) is 0 Å². The molecule has 3 N–H and O–H groups in total. The molecular formula is C11H8N4O4. The molecule has 8 nitrogen and oxygen atoms in total. The Bertz CT molecular complexity index is 657. The molecule has 0 aliphatic rings. The van der Waals surface area contributed by atoms with Crippen LogP contribution >= 0.6 is 0 Å². The Kier molecular flexibility index (Phi) is 3.33. The normalized spacial score (nSPS) is 9.89. The van der Waals surface area contributed by atoms with Gasteiger partial charge in [-0.15, -0.1) is 0 Å². The zero-order valence-electron chi connectivity index (χ0n) is 9.45. The van der Waals surface area contributed by atoms with Crippen LogP contribution in [0.5, 0.6) is 0 Å². The number of carbonyl (C=O) groups excluding carboxylic acids is 1. The smallest absolute Gasteiger partial charge is 0.337 e. The third kappa shape index (κ3) is 3.00. The van der Waals surface area contributed by atoms with Crippen LogP contribution in [-0.2, 0) is 0 Å². The molecule has 2 aromatic rings. The Morgan fingerprint density at radius 3 is 2.53 bits per heavy atom. The third-order valence-corrected chi connectivity index (χ3v) is 2.16. The SMILES string of the molecule is O=C(O)c1ccc(NC(=O)c2ccc(=O)[nH]n2)nc1. The monoisotopic (exact) mass is 260 g/mol. The van der Waals surface area contributed by atoms with Crippen LogP contribution in [0.25, 0.3) is 0 Å². The number of anilines is 1. The van der Waals surface area contributed by atoms with Crippen molar-refractivity contribution in [3.8, 4) is 0 Å². The van der Waals surface area contributed by atoms with Gasteiger partial charge in [0.1, 0.15) is 11.5 Å². The first kappa shape index (κ1) is 12.4. The van der Waals surface area contributed by atoms with Crippen LogP contribution in [0.1, 0.15) is 20.8 Å². The molecule has 0 bridgehead atoms.